The minimum Gasteiger partial charge on any atom is -0.488 e. The Labute approximate surface area is 127 Å². The SMILES string of the molecule is CCN(CC)CCCNc1cc(OC(C)C)c(F)cc1N. The molecule has 1 aromatic rings. The van der Waals surface area contributed by atoms with E-state index in [1.54, 1.807) is 6.07 Å². The fraction of sp³-hybridized carbons (Fsp3) is 0.625. The summed E-state index contributed by atoms with van der Waals surface area (Å²) in [6.45, 7) is 12.0. The minimum atomic E-state index is -0.421. The molecule has 1 rings (SSSR count). The highest BCUT2D eigenvalue weighted by Crippen LogP contribution is 2.28. The van der Waals surface area contributed by atoms with Crippen molar-refractivity contribution in [3.05, 3.63) is 17.9 Å². The third-order valence-electron chi connectivity index (χ3n) is 3.33. The Kier molecular flexibility index (Phi) is 7.29. The van der Waals surface area contributed by atoms with Crippen molar-refractivity contribution in [1.82, 2.24) is 4.90 Å². The largest absolute Gasteiger partial charge is 0.488 e. The van der Waals surface area contributed by atoms with Crippen LogP contribution in [0.2, 0.25) is 0 Å². The molecule has 21 heavy (non-hydrogen) atoms. The van der Waals surface area contributed by atoms with Gasteiger partial charge in [0.05, 0.1) is 17.5 Å². The number of nitrogens with zero attached hydrogens (tertiary/aromatic N) is 1. The number of rotatable bonds is 9. The molecule has 0 radical (unpaired) electrons. The molecule has 0 spiro atoms. The number of ether oxygens (including phenoxy) is 1. The van der Waals surface area contributed by atoms with Gasteiger partial charge in [-0.05, 0) is 39.9 Å². The highest BCUT2D eigenvalue weighted by Gasteiger charge is 2.10. The van der Waals surface area contributed by atoms with E-state index in [9.17, 15) is 4.39 Å². The van der Waals surface area contributed by atoms with Gasteiger partial charge in [0.2, 0.25) is 0 Å². The fourth-order valence-corrected chi connectivity index (χ4v) is 2.13. The smallest absolute Gasteiger partial charge is 0.167 e. The van der Waals surface area contributed by atoms with Crippen molar-refractivity contribution in [2.24, 2.45) is 0 Å². The lowest BCUT2D eigenvalue weighted by molar-refractivity contribution is 0.231. The third-order valence-corrected chi connectivity index (χ3v) is 3.33. The Hall–Kier alpha value is -1.49. The van der Waals surface area contributed by atoms with Crippen LogP contribution in [-0.4, -0.2) is 37.2 Å². The number of halogens is 1. The van der Waals surface area contributed by atoms with Crippen molar-refractivity contribution in [1.29, 1.82) is 0 Å². The van der Waals surface area contributed by atoms with E-state index in [-0.39, 0.29) is 11.9 Å². The molecule has 0 saturated heterocycles. The van der Waals surface area contributed by atoms with Crippen LogP contribution in [-0.2, 0) is 0 Å². The molecule has 0 aliphatic rings. The van der Waals surface area contributed by atoms with Crippen molar-refractivity contribution in [2.45, 2.75) is 40.2 Å². The molecule has 0 aromatic heterocycles. The molecule has 0 atom stereocenters. The first-order chi connectivity index (χ1) is 9.97. The summed E-state index contributed by atoms with van der Waals surface area (Å²) >= 11 is 0. The highest BCUT2D eigenvalue weighted by atomic mass is 19.1. The van der Waals surface area contributed by atoms with E-state index in [2.05, 4.69) is 24.1 Å². The van der Waals surface area contributed by atoms with Crippen molar-refractivity contribution < 1.29 is 9.13 Å². The topological polar surface area (TPSA) is 50.5 Å². The predicted octanol–water partition coefficient (Wildman–Crippen LogP) is 3.34. The van der Waals surface area contributed by atoms with Gasteiger partial charge < -0.3 is 20.7 Å². The average Bonchev–Trinajstić information content (AvgIpc) is 2.43. The lowest BCUT2D eigenvalue weighted by Gasteiger charge is -2.18. The lowest BCUT2D eigenvalue weighted by Crippen LogP contribution is -2.25. The van der Waals surface area contributed by atoms with Gasteiger partial charge >= 0.3 is 0 Å². The molecule has 0 fully saturated rings. The summed E-state index contributed by atoms with van der Waals surface area (Å²) in [7, 11) is 0. The maximum atomic E-state index is 13.7. The van der Waals surface area contributed by atoms with Gasteiger partial charge in [-0.1, -0.05) is 13.8 Å². The predicted molar refractivity (Wildman–Crippen MR) is 87.5 cm³/mol. The third kappa shape index (κ3) is 5.79. The maximum Gasteiger partial charge on any atom is 0.167 e. The van der Waals surface area contributed by atoms with E-state index >= 15 is 0 Å². The minimum absolute atomic E-state index is 0.0707. The van der Waals surface area contributed by atoms with Crippen LogP contribution < -0.4 is 15.8 Å². The monoisotopic (exact) mass is 297 g/mol. The molecule has 1 aromatic carbocycles. The normalized spacial score (nSPS) is 11.2. The molecule has 3 N–H and O–H groups in total. The fourth-order valence-electron chi connectivity index (χ4n) is 2.13. The Balaban J connectivity index is 2.58. The van der Waals surface area contributed by atoms with Gasteiger partial charge in [-0.2, -0.15) is 0 Å². The zero-order chi connectivity index (χ0) is 15.8. The first kappa shape index (κ1) is 17.6. The molecule has 120 valence electrons. The van der Waals surface area contributed by atoms with Crippen molar-refractivity contribution in [3.8, 4) is 5.75 Å². The van der Waals surface area contributed by atoms with Crippen LogP contribution >= 0.6 is 0 Å². The molecule has 0 bridgehead atoms. The number of hydrogen-bond donors (Lipinski definition) is 2. The quantitative estimate of drug-likeness (QED) is 0.542. The number of hydrogen-bond acceptors (Lipinski definition) is 4. The van der Waals surface area contributed by atoms with Gasteiger partial charge in [0.15, 0.2) is 11.6 Å². The second-order valence-electron chi connectivity index (χ2n) is 5.34. The van der Waals surface area contributed by atoms with E-state index in [4.69, 9.17) is 10.5 Å². The summed E-state index contributed by atoms with van der Waals surface area (Å²) < 4.78 is 19.2. The Morgan fingerprint density at radius 3 is 2.52 bits per heavy atom. The Morgan fingerprint density at radius 2 is 1.95 bits per heavy atom. The van der Waals surface area contributed by atoms with E-state index in [1.165, 1.54) is 6.07 Å². The zero-order valence-electron chi connectivity index (χ0n) is 13.6. The molecular formula is C16H28FN3O. The van der Waals surface area contributed by atoms with Gasteiger partial charge in [-0.25, -0.2) is 4.39 Å². The first-order valence-corrected chi connectivity index (χ1v) is 7.69. The average molecular weight is 297 g/mol. The molecule has 0 unspecified atom stereocenters. The van der Waals surface area contributed by atoms with E-state index in [0.717, 1.165) is 38.3 Å². The molecule has 5 heteroatoms. The number of benzene rings is 1. The standard InChI is InChI=1S/C16H28FN3O/c1-5-20(6-2)9-7-8-19-15-11-16(21-12(3)4)13(17)10-14(15)18/h10-12,19H,5-9,18H2,1-4H3. The summed E-state index contributed by atoms with van der Waals surface area (Å²) in [5, 5.41) is 3.26. The molecule has 4 nitrogen and oxygen atoms in total. The zero-order valence-corrected chi connectivity index (χ0v) is 13.6. The maximum absolute atomic E-state index is 13.7. The number of anilines is 2. The van der Waals surface area contributed by atoms with Crippen LogP contribution in [0.25, 0.3) is 0 Å². The Bertz CT molecular complexity index is 434. The van der Waals surface area contributed by atoms with Gasteiger partial charge in [0, 0.05) is 18.7 Å². The van der Waals surface area contributed by atoms with Gasteiger partial charge in [-0.3, -0.25) is 0 Å². The van der Waals surface area contributed by atoms with Crippen LogP contribution in [0.5, 0.6) is 5.75 Å². The van der Waals surface area contributed by atoms with Crippen LogP contribution in [0.15, 0.2) is 12.1 Å². The molecule has 0 amide bonds. The molecule has 0 aliphatic carbocycles. The number of nitrogen functional groups attached to an aromatic ring is 1. The van der Waals surface area contributed by atoms with E-state index in [1.807, 2.05) is 13.8 Å². The van der Waals surface area contributed by atoms with Crippen molar-refractivity contribution in [3.63, 3.8) is 0 Å². The molecule has 0 saturated carbocycles. The second-order valence-corrected chi connectivity index (χ2v) is 5.34. The number of nitrogens with two attached hydrogens (primary N) is 1. The summed E-state index contributed by atoms with van der Waals surface area (Å²) in [5.41, 5.74) is 6.98. The van der Waals surface area contributed by atoms with Gasteiger partial charge in [0.25, 0.3) is 0 Å². The highest BCUT2D eigenvalue weighted by molar-refractivity contribution is 5.68. The molecular weight excluding hydrogens is 269 g/mol. The second kappa shape index (κ2) is 8.72. The number of nitrogens with one attached hydrogen (secondary N) is 1. The van der Waals surface area contributed by atoms with Crippen LogP contribution in [0.3, 0.4) is 0 Å². The van der Waals surface area contributed by atoms with Crippen molar-refractivity contribution in [2.75, 3.05) is 37.2 Å². The first-order valence-electron chi connectivity index (χ1n) is 7.69. The summed E-state index contributed by atoms with van der Waals surface area (Å²) in [6.07, 6.45) is 0.942. The molecule has 0 heterocycles. The van der Waals surface area contributed by atoms with Crippen molar-refractivity contribution >= 4 is 11.4 Å². The van der Waals surface area contributed by atoms with Gasteiger partial charge in [0.1, 0.15) is 0 Å². The summed E-state index contributed by atoms with van der Waals surface area (Å²) in [4.78, 5) is 2.36. The van der Waals surface area contributed by atoms with Crippen LogP contribution in [0, 0.1) is 5.82 Å². The van der Waals surface area contributed by atoms with E-state index < -0.39 is 5.82 Å². The Morgan fingerprint density at radius 1 is 1.29 bits per heavy atom. The summed E-state index contributed by atoms with van der Waals surface area (Å²) in [5.74, 6) is -0.180. The van der Waals surface area contributed by atoms with E-state index in [0.29, 0.717) is 5.69 Å². The lowest BCUT2D eigenvalue weighted by atomic mass is 10.2. The van der Waals surface area contributed by atoms with Crippen LogP contribution in [0.4, 0.5) is 15.8 Å². The van der Waals surface area contributed by atoms with Gasteiger partial charge in [-0.15, -0.1) is 0 Å². The summed E-state index contributed by atoms with van der Waals surface area (Å²) in [6, 6.07) is 2.95. The van der Waals surface area contributed by atoms with Crippen LogP contribution in [0.1, 0.15) is 34.1 Å². The molecule has 0 aliphatic heterocycles.